The Bertz CT molecular complexity index is 1440. The van der Waals surface area contributed by atoms with Gasteiger partial charge >= 0.3 is 78.0 Å². The van der Waals surface area contributed by atoms with E-state index in [0.29, 0.717) is 18.6 Å². The Balaban J connectivity index is -0.000000361. The molecule has 0 heterocycles. The molecule has 0 amide bonds. The van der Waals surface area contributed by atoms with Crippen LogP contribution < -0.4 is 0 Å². The fraction of sp³-hybridized carbons (Fsp3) is 0.500. The van der Waals surface area contributed by atoms with E-state index in [1.165, 1.54) is 0 Å². The molecule has 0 aromatic carbocycles. The van der Waals surface area contributed by atoms with Gasteiger partial charge in [-0.2, -0.15) is 74.6 Å². The lowest BCUT2D eigenvalue weighted by Gasteiger charge is -2.31. The van der Waals surface area contributed by atoms with Crippen molar-refractivity contribution in [3.63, 3.8) is 0 Å². The number of hydrogen-bond donors (Lipinski definition) is 0. The van der Waals surface area contributed by atoms with Crippen molar-refractivity contribution >= 4 is 29.8 Å². The van der Waals surface area contributed by atoms with Gasteiger partial charge in [0.05, 0.1) is 13.2 Å². The molecule has 354 valence electrons. The van der Waals surface area contributed by atoms with Crippen molar-refractivity contribution < 1.29 is 141 Å². The van der Waals surface area contributed by atoms with Crippen molar-refractivity contribution in [2.75, 3.05) is 39.7 Å². The van der Waals surface area contributed by atoms with Crippen LogP contribution in [-0.2, 0) is 57.3 Å². The highest BCUT2D eigenvalue weighted by atomic mass is 19.4. The summed E-state index contributed by atoms with van der Waals surface area (Å²) in [5.41, 5.74) is 0. The summed E-state index contributed by atoms with van der Waals surface area (Å²) >= 11 is 0. The van der Waals surface area contributed by atoms with Gasteiger partial charge in [-0.15, -0.1) is 4.94 Å². The summed E-state index contributed by atoms with van der Waals surface area (Å²) in [6, 6.07) is 0. The number of rotatable bonds is 20. The summed E-state index contributed by atoms with van der Waals surface area (Å²) in [6.07, 6.45) is -21.1. The van der Waals surface area contributed by atoms with Crippen LogP contribution in [0.5, 0.6) is 0 Å². The first kappa shape index (κ1) is 62.3. The SMILES string of the molecule is C=CC(=O)OCC(F)(F)C(F)(F)CF.C=CC(=O)OCC(F)(OC(F)(F)C(F)(F)F)C(F)(F)F.C=CC(=O)OCC(F)(OF)C(F)(F)F.C=CC(=O)OCCCOC(=O)C=C. The van der Waals surface area contributed by atoms with Crippen LogP contribution in [0.25, 0.3) is 0 Å². The van der Waals surface area contributed by atoms with Crippen LogP contribution in [0.2, 0.25) is 0 Å². The second-order valence-corrected chi connectivity index (χ2v) is 9.72. The summed E-state index contributed by atoms with van der Waals surface area (Å²) < 4.78 is 251. The average Bonchev–Trinajstić information content (AvgIpc) is 3.16. The van der Waals surface area contributed by atoms with Gasteiger partial charge in [-0.3, -0.25) is 4.74 Å². The van der Waals surface area contributed by atoms with E-state index in [1.807, 2.05) is 0 Å². The molecule has 0 aromatic heterocycles. The first-order valence-corrected chi connectivity index (χ1v) is 14.6. The van der Waals surface area contributed by atoms with Crippen molar-refractivity contribution in [1.29, 1.82) is 0 Å². The molecule has 0 rings (SSSR count). The molecule has 0 bridgehead atoms. The van der Waals surface area contributed by atoms with Gasteiger partial charge in [0.15, 0.2) is 26.5 Å². The summed E-state index contributed by atoms with van der Waals surface area (Å²) in [5.74, 6) is -25.0. The minimum atomic E-state index is -6.60. The van der Waals surface area contributed by atoms with Gasteiger partial charge in [-0.1, -0.05) is 32.9 Å². The van der Waals surface area contributed by atoms with Crippen LogP contribution >= 0.6 is 0 Å². The molecular weight excluding hydrogens is 913 g/mol. The van der Waals surface area contributed by atoms with Crippen LogP contribution in [0.15, 0.2) is 63.3 Å². The fourth-order valence-electron chi connectivity index (χ4n) is 1.97. The summed E-state index contributed by atoms with van der Waals surface area (Å²) in [4.78, 5) is 54.0. The topological polar surface area (TPSA) is 150 Å². The highest BCUT2D eigenvalue weighted by Crippen LogP contribution is 2.45. The number of ether oxygens (including phenoxy) is 6. The van der Waals surface area contributed by atoms with E-state index in [-0.39, 0.29) is 19.3 Å². The first-order valence-electron chi connectivity index (χ1n) is 14.6. The zero-order chi connectivity index (χ0) is 49.3. The molecule has 0 aliphatic carbocycles. The largest absolute Gasteiger partial charge is 0.483 e. The molecule has 31 heteroatoms. The van der Waals surface area contributed by atoms with Crippen LogP contribution in [0.3, 0.4) is 0 Å². The summed E-state index contributed by atoms with van der Waals surface area (Å²) in [5, 5.41) is 0. The van der Waals surface area contributed by atoms with Crippen LogP contribution in [0, 0.1) is 0 Å². The highest BCUT2D eigenvalue weighted by molar-refractivity contribution is 5.82. The third-order valence-corrected chi connectivity index (χ3v) is 5.10. The normalized spacial score (nSPS) is 13.7. The first-order chi connectivity index (χ1) is 27.4. The minimum absolute atomic E-state index is 0.218. The lowest BCUT2D eigenvalue weighted by atomic mass is 10.2. The molecular formula is C30H29F19O12. The second kappa shape index (κ2) is 26.8. The maximum absolute atomic E-state index is 13.2. The Labute approximate surface area is 329 Å². The molecule has 12 nitrogen and oxygen atoms in total. The van der Waals surface area contributed by atoms with E-state index in [2.05, 4.69) is 66.3 Å². The monoisotopic (exact) mass is 942 g/mol. The lowest BCUT2D eigenvalue weighted by Crippen LogP contribution is -2.55. The van der Waals surface area contributed by atoms with E-state index >= 15 is 0 Å². The van der Waals surface area contributed by atoms with Crippen molar-refractivity contribution in [2.24, 2.45) is 0 Å². The van der Waals surface area contributed by atoms with Gasteiger partial charge in [-0.05, 0) is 4.53 Å². The number of hydrogen-bond acceptors (Lipinski definition) is 12. The van der Waals surface area contributed by atoms with Crippen molar-refractivity contribution in [3.8, 4) is 0 Å². The average molecular weight is 943 g/mol. The Morgan fingerprint density at radius 1 is 0.426 bits per heavy atom. The zero-order valence-corrected chi connectivity index (χ0v) is 30.0. The minimum Gasteiger partial charge on any atom is -0.462 e. The number of carbonyl (C=O) groups excluding carboxylic acids is 5. The van der Waals surface area contributed by atoms with Gasteiger partial charge in [0.25, 0.3) is 0 Å². The van der Waals surface area contributed by atoms with Crippen molar-refractivity contribution in [2.45, 2.75) is 54.6 Å². The number of esters is 5. The van der Waals surface area contributed by atoms with Crippen LogP contribution in [-0.4, -0.2) is 118 Å². The summed E-state index contributed by atoms with van der Waals surface area (Å²) in [6.45, 7) is 6.38. The molecule has 0 saturated heterocycles. The molecule has 0 N–H and O–H groups in total. The molecule has 0 saturated carbocycles. The van der Waals surface area contributed by atoms with Gasteiger partial charge in [0, 0.05) is 36.8 Å². The standard InChI is InChI=1S/C9H12O4.C8H5F9O3.C7H7F5O2.C6H5F5O3/c1-3-8(10)12-6-5-7-13-9(11)4-2;1-2-4(18)19-3-5(9,6(10,11)12)20-8(16,17)7(13,14)15;1-2-5(13)14-4-7(11,12)6(9,10)3-8;1-2-4(12)13-3-5(7,14-11)6(8,9)10/h3-4H,1-2,5-7H2;2H,1,3H2;2H,1,3-4H2;2H,1,3H2. The number of halogens is 19. The molecule has 0 spiro atoms. The molecule has 0 aliphatic rings. The van der Waals surface area contributed by atoms with Gasteiger partial charge in [-0.25, -0.2) is 28.4 Å². The Kier molecular flexibility index (Phi) is 27.3. The van der Waals surface area contributed by atoms with E-state index in [4.69, 9.17) is 0 Å². The van der Waals surface area contributed by atoms with Crippen molar-refractivity contribution in [3.05, 3.63) is 63.3 Å². The molecule has 0 aliphatic heterocycles. The number of alkyl halides is 18. The van der Waals surface area contributed by atoms with Crippen molar-refractivity contribution in [1.82, 2.24) is 0 Å². The number of carbonyl (C=O) groups is 5. The maximum Gasteiger partial charge on any atom is 0.483 e. The molecule has 0 radical (unpaired) electrons. The predicted molar refractivity (Wildman–Crippen MR) is 160 cm³/mol. The van der Waals surface area contributed by atoms with Gasteiger partial charge in [0.2, 0.25) is 0 Å². The fourth-order valence-corrected chi connectivity index (χ4v) is 1.97. The zero-order valence-electron chi connectivity index (χ0n) is 30.0. The van der Waals surface area contributed by atoms with E-state index < -0.39 is 105 Å². The quantitative estimate of drug-likeness (QED) is 0.0386. The molecule has 61 heavy (non-hydrogen) atoms. The Morgan fingerprint density at radius 3 is 0.984 bits per heavy atom. The molecule has 2 unspecified atom stereocenters. The lowest BCUT2D eigenvalue weighted by molar-refractivity contribution is -0.473. The van der Waals surface area contributed by atoms with Gasteiger partial charge in [0.1, 0.15) is 0 Å². The predicted octanol–water partition coefficient (Wildman–Crippen LogP) is 7.75. The van der Waals surface area contributed by atoms with Crippen LogP contribution in [0.1, 0.15) is 6.42 Å². The Morgan fingerprint density at radius 2 is 0.721 bits per heavy atom. The highest BCUT2D eigenvalue weighted by Gasteiger charge is 2.70. The summed E-state index contributed by atoms with van der Waals surface area (Å²) in [7, 11) is 0. The van der Waals surface area contributed by atoms with Gasteiger partial charge < -0.3 is 23.7 Å². The molecule has 0 fully saturated rings. The van der Waals surface area contributed by atoms with Crippen LogP contribution in [0.4, 0.5) is 83.6 Å². The second-order valence-electron chi connectivity index (χ2n) is 9.72. The van der Waals surface area contributed by atoms with E-state index in [0.717, 1.165) is 12.2 Å². The molecule has 2 atom stereocenters. The maximum atomic E-state index is 13.2. The smallest absolute Gasteiger partial charge is 0.462 e. The Hall–Kier alpha value is -5.36. The third-order valence-electron chi connectivity index (χ3n) is 5.10. The molecule has 0 aromatic rings. The van der Waals surface area contributed by atoms with E-state index in [1.54, 1.807) is 0 Å². The van der Waals surface area contributed by atoms with E-state index in [9.17, 15) is 108 Å². The third kappa shape index (κ3) is 24.5.